The molecule has 118 valence electrons. The number of amides is 2. The molecule has 0 bridgehead atoms. The van der Waals surface area contributed by atoms with E-state index in [0.717, 1.165) is 11.0 Å². The van der Waals surface area contributed by atoms with Gasteiger partial charge in [-0.25, -0.2) is 0 Å². The fraction of sp³-hybridized carbons (Fsp3) is 0.176. The van der Waals surface area contributed by atoms with Gasteiger partial charge in [0.25, 0.3) is 5.91 Å². The molecular formula is C17H16N2O3S. The summed E-state index contributed by atoms with van der Waals surface area (Å²) in [6, 6.07) is 13.2. The minimum atomic E-state index is -0.148. The van der Waals surface area contributed by atoms with Gasteiger partial charge in [-0.05, 0) is 23.6 Å². The molecule has 6 heteroatoms. The molecule has 0 aliphatic rings. The first-order chi connectivity index (χ1) is 11.2. The molecule has 2 heterocycles. The first-order valence-corrected chi connectivity index (χ1v) is 8.16. The van der Waals surface area contributed by atoms with E-state index in [1.54, 1.807) is 6.07 Å². The Morgan fingerprint density at radius 3 is 2.74 bits per heavy atom. The monoisotopic (exact) mass is 328 g/mol. The average molecular weight is 328 g/mol. The van der Waals surface area contributed by atoms with E-state index >= 15 is 0 Å². The SMILES string of the molecule is O=C(CCNC(=O)c1cccs1)NCc1cc2ccccc2o1. The quantitative estimate of drug-likeness (QED) is 0.731. The minimum absolute atomic E-state index is 0.128. The van der Waals surface area contributed by atoms with Crippen molar-refractivity contribution in [1.29, 1.82) is 0 Å². The van der Waals surface area contributed by atoms with E-state index in [4.69, 9.17) is 4.42 Å². The van der Waals surface area contributed by atoms with Gasteiger partial charge in [-0.3, -0.25) is 9.59 Å². The number of para-hydroxylation sites is 1. The topological polar surface area (TPSA) is 71.3 Å². The fourth-order valence-corrected chi connectivity index (χ4v) is 2.82. The molecule has 2 amide bonds. The van der Waals surface area contributed by atoms with Crippen LogP contribution in [-0.4, -0.2) is 18.4 Å². The van der Waals surface area contributed by atoms with Crippen molar-refractivity contribution in [2.75, 3.05) is 6.54 Å². The standard InChI is InChI=1S/C17H16N2O3S/c20-16(7-8-18-17(21)15-6-3-9-23-15)19-11-13-10-12-4-1-2-5-14(12)22-13/h1-6,9-10H,7-8,11H2,(H,18,21)(H,19,20). The zero-order valence-electron chi connectivity index (χ0n) is 12.4. The van der Waals surface area contributed by atoms with Crippen LogP contribution in [0.2, 0.25) is 0 Å². The normalized spacial score (nSPS) is 10.6. The van der Waals surface area contributed by atoms with Crippen LogP contribution in [0.3, 0.4) is 0 Å². The third kappa shape index (κ3) is 3.98. The van der Waals surface area contributed by atoms with E-state index in [1.165, 1.54) is 11.3 Å². The Labute approximate surface area is 137 Å². The number of benzene rings is 1. The molecule has 0 spiro atoms. The Morgan fingerprint density at radius 1 is 1.09 bits per heavy atom. The van der Waals surface area contributed by atoms with Gasteiger partial charge in [0.1, 0.15) is 11.3 Å². The Hall–Kier alpha value is -2.60. The predicted molar refractivity (Wildman–Crippen MR) is 89.3 cm³/mol. The number of nitrogens with one attached hydrogen (secondary N) is 2. The Morgan fingerprint density at radius 2 is 1.96 bits per heavy atom. The van der Waals surface area contributed by atoms with Crippen LogP contribution in [0, 0.1) is 0 Å². The first-order valence-electron chi connectivity index (χ1n) is 7.28. The molecule has 0 unspecified atom stereocenters. The highest BCUT2D eigenvalue weighted by Gasteiger charge is 2.08. The number of hydrogen-bond acceptors (Lipinski definition) is 4. The summed E-state index contributed by atoms with van der Waals surface area (Å²) in [7, 11) is 0. The number of rotatable bonds is 6. The van der Waals surface area contributed by atoms with Crippen LogP contribution in [-0.2, 0) is 11.3 Å². The first kappa shape index (κ1) is 15.3. The van der Waals surface area contributed by atoms with Gasteiger partial charge < -0.3 is 15.1 Å². The van der Waals surface area contributed by atoms with Crippen molar-refractivity contribution in [1.82, 2.24) is 10.6 Å². The lowest BCUT2D eigenvalue weighted by molar-refractivity contribution is -0.121. The second-order valence-electron chi connectivity index (χ2n) is 5.01. The smallest absolute Gasteiger partial charge is 0.261 e. The Bertz CT molecular complexity index is 775. The molecule has 3 rings (SSSR count). The molecule has 0 aliphatic heterocycles. The summed E-state index contributed by atoms with van der Waals surface area (Å²) >= 11 is 1.37. The van der Waals surface area contributed by atoms with E-state index in [0.29, 0.717) is 23.7 Å². The van der Waals surface area contributed by atoms with Crippen LogP contribution >= 0.6 is 11.3 Å². The van der Waals surface area contributed by atoms with Gasteiger partial charge in [0.05, 0.1) is 11.4 Å². The van der Waals surface area contributed by atoms with Crippen molar-refractivity contribution >= 4 is 34.1 Å². The van der Waals surface area contributed by atoms with Gasteiger partial charge in [0.15, 0.2) is 0 Å². The highest BCUT2D eigenvalue weighted by atomic mass is 32.1. The van der Waals surface area contributed by atoms with Gasteiger partial charge in [-0.15, -0.1) is 11.3 Å². The number of hydrogen-bond donors (Lipinski definition) is 2. The van der Waals surface area contributed by atoms with Crippen LogP contribution in [0.4, 0.5) is 0 Å². The van der Waals surface area contributed by atoms with E-state index in [1.807, 2.05) is 41.8 Å². The van der Waals surface area contributed by atoms with E-state index in [-0.39, 0.29) is 18.2 Å². The second kappa shape index (κ2) is 7.11. The summed E-state index contributed by atoms with van der Waals surface area (Å²) in [4.78, 5) is 24.2. The summed E-state index contributed by atoms with van der Waals surface area (Å²) in [6.45, 7) is 0.648. The molecule has 0 atom stereocenters. The summed E-state index contributed by atoms with van der Waals surface area (Å²) in [5, 5.41) is 8.37. The minimum Gasteiger partial charge on any atom is -0.459 e. The molecule has 1 aromatic carbocycles. The zero-order valence-corrected chi connectivity index (χ0v) is 13.2. The van der Waals surface area contributed by atoms with Crippen molar-refractivity contribution < 1.29 is 14.0 Å². The van der Waals surface area contributed by atoms with Crippen LogP contribution in [0.5, 0.6) is 0 Å². The lowest BCUT2D eigenvalue weighted by atomic mass is 10.2. The van der Waals surface area contributed by atoms with Gasteiger partial charge in [-0.1, -0.05) is 24.3 Å². The van der Waals surface area contributed by atoms with E-state index in [2.05, 4.69) is 10.6 Å². The number of carbonyl (C=O) groups excluding carboxylic acids is 2. The number of furan rings is 1. The van der Waals surface area contributed by atoms with Crippen molar-refractivity contribution in [3.63, 3.8) is 0 Å². The molecule has 23 heavy (non-hydrogen) atoms. The van der Waals surface area contributed by atoms with Crippen LogP contribution in [0.1, 0.15) is 21.9 Å². The molecule has 5 nitrogen and oxygen atoms in total. The van der Waals surface area contributed by atoms with Gasteiger partial charge >= 0.3 is 0 Å². The van der Waals surface area contributed by atoms with Crippen molar-refractivity contribution in [2.45, 2.75) is 13.0 Å². The molecular weight excluding hydrogens is 312 g/mol. The molecule has 2 aromatic heterocycles. The van der Waals surface area contributed by atoms with Gasteiger partial charge in [0, 0.05) is 18.4 Å². The Kier molecular flexibility index (Phi) is 4.73. The van der Waals surface area contributed by atoms with E-state index < -0.39 is 0 Å². The van der Waals surface area contributed by atoms with Crippen molar-refractivity contribution in [3.8, 4) is 0 Å². The number of thiophene rings is 1. The molecule has 0 fully saturated rings. The third-order valence-corrected chi connectivity index (χ3v) is 4.19. The van der Waals surface area contributed by atoms with Crippen LogP contribution in [0.15, 0.2) is 52.3 Å². The summed E-state index contributed by atoms with van der Waals surface area (Å²) in [6.07, 6.45) is 0.233. The number of fused-ring (bicyclic) bond motifs is 1. The maximum atomic E-state index is 11.8. The maximum Gasteiger partial charge on any atom is 0.261 e. The number of carbonyl (C=O) groups is 2. The maximum absolute atomic E-state index is 11.8. The lowest BCUT2D eigenvalue weighted by Crippen LogP contribution is -2.30. The summed E-state index contributed by atoms with van der Waals surface area (Å²) in [5.41, 5.74) is 0.806. The molecule has 2 N–H and O–H groups in total. The molecule has 0 saturated heterocycles. The van der Waals surface area contributed by atoms with Gasteiger partial charge in [0.2, 0.25) is 5.91 Å². The largest absolute Gasteiger partial charge is 0.459 e. The van der Waals surface area contributed by atoms with Crippen molar-refractivity contribution in [2.24, 2.45) is 0 Å². The highest BCUT2D eigenvalue weighted by molar-refractivity contribution is 7.12. The molecule has 3 aromatic rings. The molecule has 0 radical (unpaired) electrons. The summed E-state index contributed by atoms with van der Waals surface area (Å²) < 4.78 is 5.63. The van der Waals surface area contributed by atoms with Crippen LogP contribution < -0.4 is 10.6 Å². The summed E-state index contributed by atoms with van der Waals surface area (Å²) in [5.74, 6) is 0.434. The van der Waals surface area contributed by atoms with Gasteiger partial charge in [-0.2, -0.15) is 0 Å². The van der Waals surface area contributed by atoms with Crippen LogP contribution in [0.25, 0.3) is 11.0 Å². The lowest BCUT2D eigenvalue weighted by Gasteiger charge is -2.04. The highest BCUT2D eigenvalue weighted by Crippen LogP contribution is 2.18. The Balaban J connectivity index is 1.42. The average Bonchev–Trinajstić information content (AvgIpc) is 3.21. The third-order valence-electron chi connectivity index (χ3n) is 3.32. The second-order valence-corrected chi connectivity index (χ2v) is 5.96. The zero-order chi connectivity index (χ0) is 16.1. The molecule has 0 saturated carbocycles. The molecule has 0 aliphatic carbocycles. The van der Waals surface area contributed by atoms with E-state index in [9.17, 15) is 9.59 Å². The van der Waals surface area contributed by atoms with Crippen molar-refractivity contribution in [3.05, 3.63) is 58.5 Å². The fourth-order valence-electron chi connectivity index (χ4n) is 2.18. The predicted octanol–water partition coefficient (Wildman–Crippen LogP) is 2.93.